The van der Waals surface area contributed by atoms with Crippen molar-refractivity contribution >= 4 is 5.91 Å². The SMILES string of the molecule is CCCCC/C=C\C=C/CCCCCCCCC(=O)NC(CO)C(O)/C=C/CC/C=C/CC/C=C/CCCCCC. The van der Waals surface area contributed by atoms with Gasteiger partial charge in [-0.25, -0.2) is 0 Å². The molecule has 0 saturated carbocycles. The van der Waals surface area contributed by atoms with Crippen LogP contribution in [0.15, 0.2) is 60.8 Å². The molecule has 0 aromatic heterocycles. The number of carbonyl (C=O) groups is 1. The third kappa shape index (κ3) is 29.4. The van der Waals surface area contributed by atoms with Gasteiger partial charge in [-0.15, -0.1) is 0 Å². The molecule has 2 atom stereocenters. The summed E-state index contributed by atoms with van der Waals surface area (Å²) in [5, 5.41) is 22.8. The molecule has 1 amide bonds. The zero-order valence-electron chi connectivity index (χ0n) is 26.8. The Hall–Kier alpha value is -1.91. The summed E-state index contributed by atoms with van der Waals surface area (Å²) in [6.07, 6.45) is 44.3. The minimum atomic E-state index is -0.874. The molecule has 0 radical (unpaired) electrons. The van der Waals surface area contributed by atoms with Crippen molar-refractivity contribution in [1.29, 1.82) is 0 Å². The quantitative estimate of drug-likeness (QED) is 0.0475. The first-order valence-corrected chi connectivity index (χ1v) is 17.0. The summed E-state index contributed by atoms with van der Waals surface area (Å²) in [4.78, 5) is 12.3. The summed E-state index contributed by atoms with van der Waals surface area (Å²) in [6, 6.07) is -0.651. The summed E-state index contributed by atoms with van der Waals surface area (Å²) >= 11 is 0. The van der Waals surface area contributed by atoms with Gasteiger partial charge in [0.2, 0.25) is 5.91 Å². The zero-order valence-corrected chi connectivity index (χ0v) is 26.8. The average Bonchev–Trinajstić information content (AvgIpc) is 2.97. The predicted octanol–water partition coefficient (Wildman–Crippen LogP) is 9.84. The molecule has 0 rings (SSSR count). The highest BCUT2D eigenvalue weighted by Gasteiger charge is 2.17. The van der Waals surface area contributed by atoms with Gasteiger partial charge in [0, 0.05) is 6.42 Å². The van der Waals surface area contributed by atoms with E-state index in [2.05, 4.69) is 67.8 Å². The van der Waals surface area contributed by atoms with Crippen LogP contribution in [0.1, 0.15) is 149 Å². The third-order valence-corrected chi connectivity index (χ3v) is 7.23. The van der Waals surface area contributed by atoms with Crippen LogP contribution in [-0.2, 0) is 4.79 Å². The molecule has 4 nitrogen and oxygen atoms in total. The van der Waals surface area contributed by atoms with Crippen molar-refractivity contribution in [2.24, 2.45) is 0 Å². The van der Waals surface area contributed by atoms with Crippen molar-refractivity contribution in [3.63, 3.8) is 0 Å². The molecule has 0 spiro atoms. The summed E-state index contributed by atoms with van der Waals surface area (Å²) < 4.78 is 0. The topological polar surface area (TPSA) is 69.6 Å². The average molecular weight is 572 g/mol. The van der Waals surface area contributed by atoms with E-state index in [1.807, 2.05) is 6.08 Å². The van der Waals surface area contributed by atoms with Gasteiger partial charge in [-0.1, -0.05) is 132 Å². The molecule has 0 aliphatic heterocycles. The Labute approximate surface area is 254 Å². The maximum absolute atomic E-state index is 12.3. The summed E-state index contributed by atoms with van der Waals surface area (Å²) in [6.45, 7) is 4.21. The number of aliphatic hydroxyl groups is 2. The van der Waals surface area contributed by atoms with E-state index in [-0.39, 0.29) is 12.5 Å². The van der Waals surface area contributed by atoms with Gasteiger partial charge in [-0.3, -0.25) is 4.79 Å². The number of nitrogens with one attached hydrogen (secondary N) is 1. The smallest absolute Gasteiger partial charge is 0.220 e. The fourth-order valence-corrected chi connectivity index (χ4v) is 4.55. The lowest BCUT2D eigenvalue weighted by molar-refractivity contribution is -0.123. The zero-order chi connectivity index (χ0) is 30.1. The van der Waals surface area contributed by atoms with Gasteiger partial charge in [-0.2, -0.15) is 0 Å². The lowest BCUT2D eigenvalue weighted by Crippen LogP contribution is -2.45. The predicted molar refractivity (Wildman–Crippen MR) is 179 cm³/mol. The minimum absolute atomic E-state index is 0.0951. The molecule has 0 aliphatic carbocycles. The first-order chi connectivity index (χ1) is 20.2. The molecular formula is C37H65NO3. The monoisotopic (exact) mass is 571 g/mol. The molecule has 41 heavy (non-hydrogen) atoms. The first kappa shape index (κ1) is 39.1. The highest BCUT2D eigenvalue weighted by Crippen LogP contribution is 2.10. The van der Waals surface area contributed by atoms with Crippen LogP contribution in [-0.4, -0.2) is 34.9 Å². The van der Waals surface area contributed by atoms with Crippen molar-refractivity contribution in [3.8, 4) is 0 Å². The molecular weight excluding hydrogens is 506 g/mol. The molecule has 3 N–H and O–H groups in total. The molecule has 2 unspecified atom stereocenters. The van der Waals surface area contributed by atoms with E-state index in [9.17, 15) is 15.0 Å². The number of amides is 1. The van der Waals surface area contributed by atoms with E-state index < -0.39 is 12.1 Å². The molecule has 0 aromatic carbocycles. The number of allylic oxidation sites excluding steroid dienone is 9. The van der Waals surface area contributed by atoms with E-state index in [1.54, 1.807) is 6.08 Å². The van der Waals surface area contributed by atoms with Gasteiger partial charge < -0.3 is 15.5 Å². The Morgan fingerprint density at radius 3 is 1.61 bits per heavy atom. The summed E-state index contributed by atoms with van der Waals surface area (Å²) in [7, 11) is 0. The van der Waals surface area contributed by atoms with Crippen molar-refractivity contribution in [3.05, 3.63) is 60.8 Å². The Morgan fingerprint density at radius 2 is 1.02 bits per heavy atom. The maximum atomic E-state index is 12.3. The summed E-state index contributed by atoms with van der Waals surface area (Å²) in [5.74, 6) is -0.0951. The fourth-order valence-electron chi connectivity index (χ4n) is 4.55. The van der Waals surface area contributed by atoms with Crippen LogP contribution in [0, 0.1) is 0 Å². The lowest BCUT2D eigenvalue weighted by atomic mass is 10.1. The van der Waals surface area contributed by atoms with Crippen LogP contribution in [0.4, 0.5) is 0 Å². The van der Waals surface area contributed by atoms with E-state index in [4.69, 9.17) is 0 Å². The fraction of sp³-hybridized carbons (Fsp3) is 0.703. The maximum Gasteiger partial charge on any atom is 0.220 e. The number of rotatable bonds is 29. The van der Waals surface area contributed by atoms with Crippen LogP contribution >= 0.6 is 0 Å². The summed E-state index contributed by atoms with van der Waals surface area (Å²) in [5.41, 5.74) is 0. The van der Waals surface area contributed by atoms with E-state index >= 15 is 0 Å². The molecule has 0 fully saturated rings. The van der Waals surface area contributed by atoms with Gasteiger partial charge in [0.05, 0.1) is 18.8 Å². The Balaban J connectivity index is 3.78. The lowest BCUT2D eigenvalue weighted by Gasteiger charge is -2.19. The minimum Gasteiger partial charge on any atom is -0.394 e. The Kier molecular flexibility index (Phi) is 31.1. The second kappa shape index (κ2) is 32.6. The van der Waals surface area contributed by atoms with Crippen LogP contribution in [0.25, 0.3) is 0 Å². The molecule has 0 saturated heterocycles. The van der Waals surface area contributed by atoms with Crippen LogP contribution in [0.3, 0.4) is 0 Å². The standard InChI is InChI=1S/C37H65NO3/c1-3-5-7-9-11-13-15-17-19-21-23-25-27-29-31-33-37(41)38-35(34-39)36(40)32-30-28-26-24-22-20-18-16-14-12-10-8-6-4-2/h11,13-17,22,24,30,32,35-36,39-40H,3-10,12,18-21,23,25-29,31,33-34H2,1-2H3,(H,38,41)/b13-11-,16-14+,17-15-,24-22+,32-30+. The number of unbranched alkanes of at least 4 members (excludes halogenated alkanes) is 15. The van der Waals surface area contributed by atoms with Crippen LogP contribution in [0.5, 0.6) is 0 Å². The van der Waals surface area contributed by atoms with Gasteiger partial charge in [0.15, 0.2) is 0 Å². The largest absolute Gasteiger partial charge is 0.394 e. The molecule has 236 valence electrons. The Bertz CT molecular complexity index is 707. The Morgan fingerprint density at radius 1 is 0.585 bits per heavy atom. The molecule has 4 heteroatoms. The van der Waals surface area contributed by atoms with E-state index in [0.717, 1.165) is 51.4 Å². The highest BCUT2D eigenvalue weighted by molar-refractivity contribution is 5.76. The molecule has 0 heterocycles. The highest BCUT2D eigenvalue weighted by atomic mass is 16.3. The van der Waals surface area contributed by atoms with Crippen LogP contribution in [0.2, 0.25) is 0 Å². The molecule has 0 bridgehead atoms. The number of carbonyl (C=O) groups excluding carboxylic acids is 1. The van der Waals surface area contributed by atoms with E-state index in [0.29, 0.717) is 6.42 Å². The van der Waals surface area contributed by atoms with Crippen LogP contribution < -0.4 is 5.32 Å². The number of hydrogen-bond donors (Lipinski definition) is 3. The van der Waals surface area contributed by atoms with Crippen molar-refractivity contribution < 1.29 is 15.0 Å². The normalized spacial score (nSPS) is 14.0. The van der Waals surface area contributed by atoms with Gasteiger partial charge >= 0.3 is 0 Å². The van der Waals surface area contributed by atoms with Crippen molar-refractivity contribution in [2.45, 2.75) is 161 Å². The molecule has 0 aromatic rings. The van der Waals surface area contributed by atoms with E-state index in [1.165, 1.54) is 77.0 Å². The third-order valence-electron chi connectivity index (χ3n) is 7.23. The first-order valence-electron chi connectivity index (χ1n) is 17.0. The second-order valence-electron chi connectivity index (χ2n) is 11.2. The number of hydrogen-bond acceptors (Lipinski definition) is 3. The van der Waals surface area contributed by atoms with Crippen molar-refractivity contribution in [1.82, 2.24) is 5.32 Å². The molecule has 0 aliphatic rings. The number of aliphatic hydroxyl groups excluding tert-OH is 2. The van der Waals surface area contributed by atoms with Gasteiger partial charge in [0.25, 0.3) is 0 Å². The van der Waals surface area contributed by atoms with Gasteiger partial charge in [-0.05, 0) is 70.6 Å². The second-order valence-corrected chi connectivity index (χ2v) is 11.2. The van der Waals surface area contributed by atoms with Gasteiger partial charge in [0.1, 0.15) is 0 Å². The van der Waals surface area contributed by atoms with Crippen molar-refractivity contribution in [2.75, 3.05) is 6.61 Å².